The van der Waals surface area contributed by atoms with Crippen molar-refractivity contribution in [3.05, 3.63) is 60.8 Å². The van der Waals surface area contributed by atoms with Crippen LogP contribution in [0, 0.1) is 17.2 Å². The minimum absolute atomic E-state index is 0.109. The molecular formula is C23H19F3N6O2. The number of rotatable bonds is 5. The molecule has 1 saturated heterocycles. The Kier molecular flexibility index (Phi) is 6.58. The van der Waals surface area contributed by atoms with Crippen LogP contribution in [0.5, 0.6) is 5.75 Å². The molecule has 2 aromatic heterocycles. The summed E-state index contributed by atoms with van der Waals surface area (Å²) >= 11 is 0. The molecule has 0 spiro atoms. The number of aromatic nitrogens is 3. The molecule has 3 heterocycles. The molecule has 0 bridgehead atoms. The third kappa shape index (κ3) is 5.58. The van der Waals surface area contributed by atoms with E-state index in [0.29, 0.717) is 29.2 Å². The van der Waals surface area contributed by atoms with Gasteiger partial charge >= 0.3 is 6.36 Å². The average Bonchev–Trinajstić information content (AvgIpc) is 2.84. The van der Waals surface area contributed by atoms with Crippen LogP contribution in [0.15, 0.2) is 55.2 Å². The molecule has 1 atom stereocenters. The number of halogens is 3. The van der Waals surface area contributed by atoms with Gasteiger partial charge in [0.05, 0.1) is 17.6 Å². The van der Waals surface area contributed by atoms with Gasteiger partial charge < -0.3 is 15.0 Å². The Morgan fingerprint density at radius 3 is 2.59 bits per heavy atom. The maximum Gasteiger partial charge on any atom is 0.573 e. The van der Waals surface area contributed by atoms with E-state index in [1.807, 2.05) is 4.90 Å². The van der Waals surface area contributed by atoms with Gasteiger partial charge in [-0.05, 0) is 43.2 Å². The molecule has 174 valence electrons. The molecular weight excluding hydrogens is 449 g/mol. The predicted octanol–water partition coefficient (Wildman–Crippen LogP) is 4.43. The van der Waals surface area contributed by atoms with Crippen LogP contribution >= 0.6 is 0 Å². The fraction of sp³-hybridized carbons (Fsp3) is 0.261. The van der Waals surface area contributed by atoms with Gasteiger partial charge in [-0.15, -0.1) is 13.2 Å². The van der Waals surface area contributed by atoms with Crippen LogP contribution in [0.4, 0.5) is 24.7 Å². The molecule has 11 heteroatoms. The Bertz CT molecular complexity index is 1200. The largest absolute Gasteiger partial charge is 0.573 e. The van der Waals surface area contributed by atoms with Crippen LogP contribution in [0.2, 0.25) is 0 Å². The highest BCUT2D eigenvalue weighted by molar-refractivity contribution is 6.05. The molecule has 1 fully saturated rings. The van der Waals surface area contributed by atoms with E-state index in [4.69, 9.17) is 0 Å². The van der Waals surface area contributed by atoms with Crippen LogP contribution in [-0.4, -0.2) is 40.3 Å². The van der Waals surface area contributed by atoms with Gasteiger partial charge in [-0.25, -0.2) is 15.0 Å². The molecule has 0 aliphatic carbocycles. The molecule has 3 aromatic rings. The number of ether oxygens (including phenoxy) is 1. The molecule has 0 saturated carbocycles. The molecule has 1 aliphatic rings. The highest BCUT2D eigenvalue weighted by Gasteiger charge is 2.31. The van der Waals surface area contributed by atoms with Crippen molar-refractivity contribution in [3.8, 4) is 22.9 Å². The lowest BCUT2D eigenvalue weighted by atomic mass is 9.98. The number of alkyl halides is 3. The number of carbonyl (C=O) groups is 1. The Labute approximate surface area is 193 Å². The minimum Gasteiger partial charge on any atom is -0.406 e. The van der Waals surface area contributed by atoms with Gasteiger partial charge in [-0.1, -0.05) is 0 Å². The second-order valence-corrected chi connectivity index (χ2v) is 7.66. The lowest BCUT2D eigenvalue weighted by Crippen LogP contribution is -2.35. The number of amides is 1. The van der Waals surface area contributed by atoms with Crippen molar-refractivity contribution in [2.45, 2.75) is 19.2 Å². The van der Waals surface area contributed by atoms with Gasteiger partial charge in [0.25, 0.3) is 5.91 Å². The van der Waals surface area contributed by atoms with Crippen LogP contribution in [-0.2, 0) is 0 Å². The summed E-state index contributed by atoms with van der Waals surface area (Å²) in [6, 6.07) is 8.80. The summed E-state index contributed by atoms with van der Waals surface area (Å²) in [5.41, 5.74) is 1.83. The first-order chi connectivity index (χ1) is 16.3. The van der Waals surface area contributed by atoms with Gasteiger partial charge in [0.1, 0.15) is 17.9 Å². The number of anilines is 2. The van der Waals surface area contributed by atoms with E-state index >= 15 is 0 Å². The molecule has 0 radical (unpaired) electrons. The highest BCUT2D eigenvalue weighted by atomic mass is 19.4. The quantitative estimate of drug-likeness (QED) is 0.591. The number of benzene rings is 1. The number of nitrogens with one attached hydrogen (secondary N) is 1. The van der Waals surface area contributed by atoms with E-state index in [1.54, 1.807) is 18.5 Å². The van der Waals surface area contributed by atoms with Crippen molar-refractivity contribution >= 4 is 17.4 Å². The molecule has 1 aliphatic heterocycles. The Morgan fingerprint density at radius 2 is 1.91 bits per heavy atom. The lowest BCUT2D eigenvalue weighted by molar-refractivity contribution is -0.274. The third-order valence-corrected chi connectivity index (χ3v) is 5.25. The van der Waals surface area contributed by atoms with E-state index in [9.17, 15) is 23.2 Å². The van der Waals surface area contributed by atoms with E-state index in [1.165, 1.54) is 24.7 Å². The van der Waals surface area contributed by atoms with Crippen molar-refractivity contribution in [1.29, 1.82) is 5.26 Å². The number of hydrogen-bond donors (Lipinski definition) is 1. The summed E-state index contributed by atoms with van der Waals surface area (Å²) in [4.78, 5) is 27.5. The van der Waals surface area contributed by atoms with E-state index in [-0.39, 0.29) is 17.2 Å². The smallest absolute Gasteiger partial charge is 0.406 e. The average molecular weight is 468 g/mol. The first-order valence-corrected chi connectivity index (χ1v) is 10.4. The molecule has 1 aromatic carbocycles. The molecule has 1 amide bonds. The number of hydrogen-bond acceptors (Lipinski definition) is 7. The summed E-state index contributed by atoms with van der Waals surface area (Å²) in [5, 5.41) is 12.0. The highest BCUT2D eigenvalue weighted by Crippen LogP contribution is 2.32. The number of nitrogens with zero attached hydrogens (tertiary/aromatic N) is 5. The molecule has 0 unspecified atom stereocenters. The number of piperidine rings is 1. The van der Waals surface area contributed by atoms with Gasteiger partial charge in [-0.3, -0.25) is 4.79 Å². The van der Waals surface area contributed by atoms with Gasteiger partial charge in [0.2, 0.25) is 0 Å². The van der Waals surface area contributed by atoms with Crippen LogP contribution in [0.1, 0.15) is 23.2 Å². The summed E-state index contributed by atoms with van der Waals surface area (Å²) in [5.74, 6) is -0.363. The van der Waals surface area contributed by atoms with Crippen LogP contribution in [0.3, 0.4) is 0 Å². The third-order valence-electron chi connectivity index (χ3n) is 5.25. The number of carbonyl (C=O) groups excluding carboxylic acids is 1. The standard InChI is InChI=1S/C23H19F3N6O2/c24-23(25,26)34-19-5-3-18(4-6-19)31-22(33)16-8-20(17-10-28-14-29-11-17)21(30-12-16)32-7-1-2-15(9-27)13-32/h3-6,8,10-12,14-15H,1-2,7,13H2,(H,31,33)/t15-/m1/s1. The lowest BCUT2D eigenvalue weighted by Gasteiger charge is -2.32. The monoisotopic (exact) mass is 468 g/mol. The van der Waals surface area contributed by atoms with Crippen molar-refractivity contribution in [3.63, 3.8) is 0 Å². The zero-order chi connectivity index (χ0) is 24.1. The van der Waals surface area contributed by atoms with E-state index in [0.717, 1.165) is 31.5 Å². The summed E-state index contributed by atoms with van der Waals surface area (Å²) in [6.45, 7) is 1.26. The Morgan fingerprint density at radius 1 is 1.18 bits per heavy atom. The van der Waals surface area contributed by atoms with Crippen LogP contribution < -0.4 is 15.0 Å². The maximum atomic E-state index is 12.8. The second-order valence-electron chi connectivity index (χ2n) is 7.66. The number of pyridine rings is 1. The minimum atomic E-state index is -4.79. The van der Waals surface area contributed by atoms with Crippen molar-refractivity contribution in [1.82, 2.24) is 15.0 Å². The maximum absolute atomic E-state index is 12.8. The van der Waals surface area contributed by atoms with Gasteiger partial charge in [0.15, 0.2) is 0 Å². The Balaban J connectivity index is 1.59. The molecule has 34 heavy (non-hydrogen) atoms. The Hall–Kier alpha value is -4.20. The van der Waals surface area contributed by atoms with Crippen molar-refractivity contribution < 1.29 is 22.7 Å². The van der Waals surface area contributed by atoms with Gasteiger partial charge in [-0.2, -0.15) is 5.26 Å². The summed E-state index contributed by atoms with van der Waals surface area (Å²) in [6.07, 6.45) is 2.92. The molecule has 4 rings (SSSR count). The zero-order valence-corrected chi connectivity index (χ0v) is 17.8. The van der Waals surface area contributed by atoms with E-state index < -0.39 is 12.3 Å². The fourth-order valence-electron chi connectivity index (χ4n) is 3.70. The molecule has 1 N–H and O–H groups in total. The topological polar surface area (TPSA) is 104 Å². The summed E-state index contributed by atoms with van der Waals surface area (Å²) in [7, 11) is 0. The SMILES string of the molecule is N#C[C@H]1CCCN(c2ncc(C(=O)Nc3ccc(OC(F)(F)F)cc3)cc2-c2cncnc2)C1. The molecule has 8 nitrogen and oxygen atoms in total. The second kappa shape index (κ2) is 9.74. The normalized spacial score (nSPS) is 15.9. The predicted molar refractivity (Wildman–Crippen MR) is 117 cm³/mol. The zero-order valence-electron chi connectivity index (χ0n) is 17.8. The first-order valence-electron chi connectivity index (χ1n) is 10.4. The van der Waals surface area contributed by atoms with Gasteiger partial charge in [0, 0.05) is 48.5 Å². The summed E-state index contributed by atoms with van der Waals surface area (Å²) < 4.78 is 40.8. The fourth-order valence-corrected chi connectivity index (χ4v) is 3.70. The van der Waals surface area contributed by atoms with Crippen LogP contribution in [0.25, 0.3) is 11.1 Å². The van der Waals surface area contributed by atoms with Crippen molar-refractivity contribution in [2.24, 2.45) is 5.92 Å². The van der Waals surface area contributed by atoms with E-state index in [2.05, 4.69) is 31.1 Å². The van der Waals surface area contributed by atoms with Crippen molar-refractivity contribution in [2.75, 3.05) is 23.3 Å². The number of nitriles is 1. The first kappa shape index (κ1) is 23.0.